The fourth-order valence-electron chi connectivity index (χ4n) is 3.36. The van der Waals surface area contributed by atoms with Crippen LogP contribution in [0, 0.1) is 12.3 Å². The van der Waals surface area contributed by atoms with E-state index in [-0.39, 0.29) is 0 Å². The molecule has 2 nitrogen and oxygen atoms in total. The van der Waals surface area contributed by atoms with E-state index in [2.05, 4.69) is 36.6 Å². The van der Waals surface area contributed by atoms with E-state index in [4.69, 9.17) is 0 Å². The first-order valence-electron chi connectivity index (χ1n) is 6.78. The summed E-state index contributed by atoms with van der Waals surface area (Å²) in [6.45, 7) is 4.44. The number of nitrogens with zero attached hydrogens (tertiary/aromatic N) is 1. The van der Waals surface area contributed by atoms with Gasteiger partial charge in [0.1, 0.15) is 0 Å². The van der Waals surface area contributed by atoms with Crippen molar-refractivity contribution in [2.45, 2.75) is 58.4 Å². The molecule has 17 heavy (non-hydrogen) atoms. The summed E-state index contributed by atoms with van der Waals surface area (Å²) in [6.07, 6.45) is 7.97. The molecule has 1 aromatic rings. The molecule has 3 heteroatoms. The van der Waals surface area contributed by atoms with Gasteiger partial charge in [-0.3, -0.25) is 0 Å². The zero-order valence-corrected chi connectivity index (χ0v) is 12.1. The Kier molecular flexibility index (Phi) is 4.21. The van der Waals surface area contributed by atoms with Crippen LogP contribution in [0.15, 0.2) is 5.38 Å². The molecule has 2 rings (SSSR count). The first-order chi connectivity index (χ1) is 8.20. The highest BCUT2D eigenvalue weighted by molar-refractivity contribution is 7.09. The van der Waals surface area contributed by atoms with E-state index in [1.165, 1.54) is 42.8 Å². The van der Waals surface area contributed by atoms with E-state index in [1.807, 2.05) is 0 Å². The molecule has 0 saturated heterocycles. The minimum atomic E-state index is 0.520. The van der Waals surface area contributed by atoms with Crippen LogP contribution < -0.4 is 5.32 Å². The molecule has 1 aliphatic carbocycles. The van der Waals surface area contributed by atoms with Crippen molar-refractivity contribution in [2.24, 2.45) is 5.41 Å². The van der Waals surface area contributed by atoms with Gasteiger partial charge in [0.2, 0.25) is 0 Å². The molecule has 1 fully saturated rings. The van der Waals surface area contributed by atoms with Crippen molar-refractivity contribution >= 4 is 11.3 Å². The van der Waals surface area contributed by atoms with Gasteiger partial charge >= 0.3 is 0 Å². The predicted molar refractivity (Wildman–Crippen MR) is 74.6 cm³/mol. The molecule has 1 N–H and O–H groups in total. The van der Waals surface area contributed by atoms with Crippen LogP contribution in [0.25, 0.3) is 0 Å². The molecule has 0 aromatic carbocycles. The summed E-state index contributed by atoms with van der Waals surface area (Å²) >= 11 is 1.77. The van der Waals surface area contributed by atoms with Gasteiger partial charge in [0.15, 0.2) is 0 Å². The molecule has 1 atom stereocenters. The monoisotopic (exact) mass is 252 g/mol. The van der Waals surface area contributed by atoms with Crippen LogP contribution in [0.4, 0.5) is 0 Å². The van der Waals surface area contributed by atoms with Crippen molar-refractivity contribution in [1.29, 1.82) is 0 Å². The van der Waals surface area contributed by atoms with Gasteiger partial charge in [-0.25, -0.2) is 4.98 Å². The number of nitrogens with one attached hydrogen (secondary N) is 1. The number of hydrogen-bond donors (Lipinski definition) is 1. The number of rotatable bonds is 5. The zero-order valence-electron chi connectivity index (χ0n) is 11.3. The quantitative estimate of drug-likeness (QED) is 0.867. The molecule has 0 radical (unpaired) electrons. The van der Waals surface area contributed by atoms with Crippen molar-refractivity contribution in [3.8, 4) is 0 Å². The van der Waals surface area contributed by atoms with Gasteiger partial charge in [0.05, 0.1) is 10.7 Å². The summed E-state index contributed by atoms with van der Waals surface area (Å²) < 4.78 is 0. The zero-order chi connectivity index (χ0) is 12.3. The third-order valence-corrected chi connectivity index (χ3v) is 5.29. The molecule has 0 spiro atoms. The van der Waals surface area contributed by atoms with Crippen molar-refractivity contribution in [1.82, 2.24) is 10.3 Å². The number of thiazole rings is 1. The normalized spacial score (nSPS) is 20.6. The van der Waals surface area contributed by atoms with Gasteiger partial charge in [0, 0.05) is 17.8 Å². The summed E-state index contributed by atoms with van der Waals surface area (Å²) in [4.78, 5) is 4.61. The molecule has 1 heterocycles. The number of aryl methyl sites for hydroxylation is 1. The van der Waals surface area contributed by atoms with Crippen LogP contribution >= 0.6 is 11.3 Å². The van der Waals surface area contributed by atoms with Crippen LogP contribution in [0.3, 0.4) is 0 Å². The predicted octanol–water partition coefficient (Wildman–Crippen LogP) is 3.55. The number of aromatic nitrogens is 1. The van der Waals surface area contributed by atoms with E-state index in [1.54, 1.807) is 11.3 Å². The fourth-order valence-corrected chi connectivity index (χ4v) is 3.99. The second-order valence-electron chi connectivity index (χ2n) is 5.33. The standard InChI is InChI=1S/C14H24N2S/c1-4-14(7-5-6-8-14)13(15-3)9-12-10-17-11(2)16-12/h10,13,15H,4-9H2,1-3H3. The molecular formula is C14H24N2S. The molecule has 0 amide bonds. The molecule has 1 saturated carbocycles. The van der Waals surface area contributed by atoms with Crippen LogP contribution in [-0.4, -0.2) is 18.1 Å². The summed E-state index contributed by atoms with van der Waals surface area (Å²) in [5.74, 6) is 0. The summed E-state index contributed by atoms with van der Waals surface area (Å²) in [6, 6.07) is 0.594. The second kappa shape index (κ2) is 5.49. The summed E-state index contributed by atoms with van der Waals surface area (Å²) in [5.41, 5.74) is 1.79. The maximum absolute atomic E-state index is 4.61. The highest BCUT2D eigenvalue weighted by Crippen LogP contribution is 2.44. The molecule has 0 bridgehead atoms. The lowest BCUT2D eigenvalue weighted by atomic mass is 9.74. The number of likely N-dealkylation sites (N-methyl/N-ethyl adjacent to an activating group) is 1. The third-order valence-electron chi connectivity index (χ3n) is 4.47. The smallest absolute Gasteiger partial charge is 0.0897 e. The highest BCUT2D eigenvalue weighted by Gasteiger charge is 2.39. The minimum Gasteiger partial charge on any atom is -0.316 e. The molecule has 1 unspecified atom stereocenters. The lowest BCUT2D eigenvalue weighted by Gasteiger charge is -2.36. The molecule has 96 valence electrons. The van der Waals surface area contributed by atoms with Crippen LogP contribution in [0.5, 0.6) is 0 Å². The lowest BCUT2D eigenvalue weighted by molar-refractivity contribution is 0.191. The Morgan fingerprint density at radius 3 is 2.65 bits per heavy atom. The highest BCUT2D eigenvalue weighted by atomic mass is 32.1. The van der Waals surface area contributed by atoms with Gasteiger partial charge in [0.25, 0.3) is 0 Å². The van der Waals surface area contributed by atoms with E-state index in [0.717, 1.165) is 6.42 Å². The largest absolute Gasteiger partial charge is 0.316 e. The van der Waals surface area contributed by atoms with E-state index >= 15 is 0 Å². The summed E-state index contributed by atoms with van der Waals surface area (Å²) in [5, 5.41) is 6.97. The Bertz CT molecular complexity index is 353. The summed E-state index contributed by atoms with van der Waals surface area (Å²) in [7, 11) is 2.11. The van der Waals surface area contributed by atoms with Gasteiger partial charge < -0.3 is 5.32 Å². The van der Waals surface area contributed by atoms with E-state index < -0.39 is 0 Å². The maximum Gasteiger partial charge on any atom is 0.0897 e. The Morgan fingerprint density at radius 1 is 1.47 bits per heavy atom. The van der Waals surface area contributed by atoms with Crippen molar-refractivity contribution in [2.75, 3.05) is 7.05 Å². The van der Waals surface area contributed by atoms with Gasteiger partial charge in [-0.05, 0) is 38.6 Å². The Hall–Kier alpha value is -0.410. The maximum atomic E-state index is 4.61. The Labute approximate surface area is 109 Å². The van der Waals surface area contributed by atoms with E-state index in [9.17, 15) is 0 Å². The third kappa shape index (κ3) is 2.71. The van der Waals surface area contributed by atoms with Crippen LogP contribution in [0.1, 0.15) is 49.7 Å². The molecular weight excluding hydrogens is 228 g/mol. The topological polar surface area (TPSA) is 24.9 Å². The minimum absolute atomic E-state index is 0.520. The van der Waals surface area contributed by atoms with Crippen LogP contribution in [0.2, 0.25) is 0 Å². The van der Waals surface area contributed by atoms with Gasteiger partial charge in [-0.1, -0.05) is 19.8 Å². The van der Waals surface area contributed by atoms with Gasteiger partial charge in [-0.15, -0.1) is 11.3 Å². The SMILES string of the molecule is CCC1(C(Cc2csc(C)n2)NC)CCCC1. The average molecular weight is 252 g/mol. The van der Waals surface area contributed by atoms with Crippen LogP contribution in [-0.2, 0) is 6.42 Å². The second-order valence-corrected chi connectivity index (χ2v) is 6.39. The lowest BCUT2D eigenvalue weighted by Crippen LogP contribution is -2.43. The first kappa shape index (κ1) is 13.0. The average Bonchev–Trinajstić information content (AvgIpc) is 2.95. The molecule has 1 aromatic heterocycles. The Morgan fingerprint density at radius 2 is 2.18 bits per heavy atom. The Balaban J connectivity index is 2.10. The van der Waals surface area contributed by atoms with Gasteiger partial charge in [-0.2, -0.15) is 0 Å². The fraction of sp³-hybridized carbons (Fsp3) is 0.786. The molecule has 1 aliphatic rings. The van der Waals surface area contributed by atoms with Crippen molar-refractivity contribution in [3.63, 3.8) is 0 Å². The number of hydrogen-bond acceptors (Lipinski definition) is 3. The molecule has 0 aliphatic heterocycles. The van der Waals surface area contributed by atoms with Crippen molar-refractivity contribution < 1.29 is 0 Å². The van der Waals surface area contributed by atoms with E-state index in [0.29, 0.717) is 11.5 Å². The van der Waals surface area contributed by atoms with Crippen molar-refractivity contribution in [3.05, 3.63) is 16.1 Å². The first-order valence-corrected chi connectivity index (χ1v) is 7.66.